The average molecular weight is 1000 g/mol. The van der Waals surface area contributed by atoms with E-state index in [0.29, 0.717) is 0 Å². The Balaban J connectivity index is 0.926. The lowest BCUT2D eigenvalue weighted by Crippen LogP contribution is -2.37. The Bertz CT molecular complexity index is 3000. The fraction of sp³-hybridized carbons (Fsp3) is 0.500. The summed E-state index contributed by atoms with van der Waals surface area (Å²) in [6, 6.07) is 0. The molecule has 3 fully saturated rings. The molecule has 0 aromatic carbocycles. The fourth-order valence-electron chi connectivity index (χ4n) is 7.61. The van der Waals surface area contributed by atoms with E-state index < -0.39 is 123 Å². The maximum atomic E-state index is 13.6. The highest BCUT2D eigenvalue weighted by Crippen LogP contribution is 2.52. The van der Waals surface area contributed by atoms with Crippen LogP contribution < -0.4 is 22.8 Å². The molecule has 9 heterocycles. The largest absolute Gasteiger partial charge is 0.694 e. The van der Waals surface area contributed by atoms with Gasteiger partial charge in [-0.3, -0.25) is 41.6 Å². The van der Waals surface area contributed by atoms with Crippen molar-refractivity contribution in [3.05, 3.63) is 42.0 Å². The first-order chi connectivity index (χ1) is 31.8. The highest BCUT2D eigenvalue weighted by Gasteiger charge is 2.53. The third-order valence-corrected chi connectivity index (χ3v) is 13.0. The number of anilines is 3. The van der Waals surface area contributed by atoms with Crippen LogP contribution in [-0.4, -0.2) is 168 Å². The summed E-state index contributed by atoms with van der Waals surface area (Å²) in [6.45, 7) is -2.80. The van der Waals surface area contributed by atoms with Crippen molar-refractivity contribution in [1.82, 2.24) is 58.6 Å². The molecule has 6 aromatic heterocycles. The molecule has 37 heteroatoms. The van der Waals surface area contributed by atoms with Gasteiger partial charge in [-0.15, -0.1) is 9.42 Å². The Hall–Kier alpha value is -5.19. The number of rotatable bonds is 16. The number of aliphatic hydroxyl groups excluding tert-OH is 4. The number of imidazole rings is 3. The molecule has 0 spiro atoms. The quantitative estimate of drug-likeness (QED) is 0.0417. The second-order valence-electron chi connectivity index (χ2n) is 14.8. The van der Waals surface area contributed by atoms with Gasteiger partial charge >= 0.3 is 23.9 Å². The minimum atomic E-state index is -5.46. The molecule has 6 aromatic rings. The number of nitrogens with zero attached hydrogens (tertiary/aromatic N) is 11. The van der Waals surface area contributed by atoms with E-state index in [2.05, 4.69) is 44.9 Å². The van der Waals surface area contributed by atoms with Crippen molar-refractivity contribution in [2.24, 2.45) is 0 Å². The summed E-state index contributed by atoms with van der Waals surface area (Å²) in [5.74, 6) is -0.386. The molecule has 14 N–H and O–H groups in total. The summed E-state index contributed by atoms with van der Waals surface area (Å²) in [4.78, 5) is 77.9. The number of phosphoric ester groups is 2. The van der Waals surface area contributed by atoms with Gasteiger partial charge in [-0.05, 0) is 0 Å². The summed E-state index contributed by atoms with van der Waals surface area (Å²) in [6.07, 6.45) is -14.9. The van der Waals surface area contributed by atoms with Gasteiger partial charge in [0, 0.05) is 4.57 Å². The number of fused-ring (bicyclic) bond motifs is 3. The van der Waals surface area contributed by atoms with Gasteiger partial charge in [0.1, 0.15) is 85.2 Å². The lowest BCUT2D eigenvalue weighted by atomic mass is 10.1. The van der Waals surface area contributed by atoms with E-state index in [1.54, 1.807) is 0 Å². The van der Waals surface area contributed by atoms with Gasteiger partial charge in [0.25, 0.3) is 5.56 Å². The van der Waals surface area contributed by atoms with Crippen LogP contribution in [0.5, 0.6) is 0 Å². The third kappa shape index (κ3) is 9.01. The number of phosphoric acid groups is 2. The summed E-state index contributed by atoms with van der Waals surface area (Å²) in [5, 5.41) is 44.6. The van der Waals surface area contributed by atoms with Crippen molar-refractivity contribution >= 4 is 75.0 Å². The molecule has 0 radical (unpaired) electrons. The molecule has 0 amide bonds. The van der Waals surface area contributed by atoms with E-state index in [1.165, 1.54) is 10.9 Å². The number of nitrogen functional groups attached to an aromatic ring is 3. The first-order valence-electron chi connectivity index (χ1n) is 19.2. The summed E-state index contributed by atoms with van der Waals surface area (Å²) < 4.78 is 85.4. The van der Waals surface area contributed by atoms with Crippen LogP contribution in [0.15, 0.2) is 36.4 Å². The monoisotopic (exact) mass is 1000 g/mol. The standard InChI is InChI=1S/C30H36N15O19P3/c31-21-12-23(36-4-34-21)43(6-38-12)27-16(47)15(46)9(60-27)2-58-66(53,54)64-20-11(62-28(18(20)49)44-7-39-13-22(32)35-5-37-24(13)44)3-59-67(55,56)63-19-10(1-57-65(51)52)61-29(17(19)48)45-8-40-14-25(45)41-30(33)42-26(14)50/h4-11,15-20,27-29,46-49H,1-3H2,(H9-,31,32,33,34,35,36,37,41,42,50,51,52,53,54,55,56)/p+1/t9-,10-,11-,15-,16-,17-,18-,19-,20-,27-,28-,29-/m1/s1. The zero-order valence-corrected chi connectivity index (χ0v) is 36.1. The van der Waals surface area contributed by atoms with E-state index in [1.807, 2.05) is 0 Å². The Morgan fingerprint density at radius 3 is 1.61 bits per heavy atom. The number of aromatic amines is 1. The highest BCUT2D eigenvalue weighted by atomic mass is 31.2. The topological polar surface area (TPSA) is 495 Å². The molecule has 34 nitrogen and oxygen atoms in total. The molecule has 67 heavy (non-hydrogen) atoms. The van der Waals surface area contributed by atoms with Crippen LogP contribution in [0.4, 0.5) is 17.6 Å². The third-order valence-electron chi connectivity index (χ3n) is 10.7. The van der Waals surface area contributed by atoms with Crippen LogP contribution in [-0.2, 0) is 50.5 Å². The van der Waals surface area contributed by atoms with Crippen molar-refractivity contribution < 1.29 is 85.6 Å². The summed E-state index contributed by atoms with van der Waals surface area (Å²) in [7, 11) is -14.1. The van der Waals surface area contributed by atoms with Gasteiger partial charge in [-0.1, -0.05) is 0 Å². The van der Waals surface area contributed by atoms with Crippen LogP contribution in [0.25, 0.3) is 33.5 Å². The van der Waals surface area contributed by atoms with Gasteiger partial charge in [0.15, 0.2) is 52.8 Å². The minimum absolute atomic E-state index is 0.00703. The summed E-state index contributed by atoms with van der Waals surface area (Å²) >= 11 is 0. The number of ether oxygens (including phenoxy) is 3. The number of nitrogens with two attached hydrogens (primary N) is 3. The van der Waals surface area contributed by atoms with Crippen molar-refractivity contribution in [2.45, 2.75) is 73.6 Å². The maximum Gasteiger partial charge on any atom is 0.694 e. The molecular weight excluding hydrogens is 967 g/mol. The number of hydrogen-bond acceptors (Lipinski definition) is 27. The lowest BCUT2D eigenvalue weighted by Gasteiger charge is -2.25. The Kier molecular flexibility index (Phi) is 12.6. The second-order valence-corrected chi connectivity index (χ2v) is 18.3. The number of aromatic nitrogens is 12. The number of hydrogen-bond donors (Lipinski definition) is 11. The van der Waals surface area contributed by atoms with Gasteiger partial charge in [-0.25, -0.2) is 44.0 Å². The minimum Gasteiger partial charge on any atom is -0.387 e. The molecule has 9 rings (SSSR count). The Labute approximate surface area is 371 Å². The van der Waals surface area contributed by atoms with Gasteiger partial charge in [0.2, 0.25) is 5.95 Å². The second kappa shape index (κ2) is 18.0. The Morgan fingerprint density at radius 1 is 0.642 bits per heavy atom. The van der Waals surface area contributed by atoms with Crippen molar-refractivity contribution in [1.29, 1.82) is 0 Å². The van der Waals surface area contributed by atoms with E-state index in [0.717, 1.165) is 34.4 Å². The molecule has 360 valence electrons. The van der Waals surface area contributed by atoms with Crippen molar-refractivity contribution in [3.63, 3.8) is 0 Å². The molecular formula is C30H37N15O19P3+. The first kappa shape index (κ1) is 46.9. The molecule has 15 atom stereocenters. The Morgan fingerprint density at radius 2 is 1.09 bits per heavy atom. The SMILES string of the molecule is Nc1nc2c(ncn2[C@@H]2O[C@H](CO[P+](=O)O)[C@@H](OP(=O)(O)OC[C@H]3O[C@@H](n4cnc5c(N)ncnc54)[C@H](O)[C@@H]3OP(=O)(O)OC[C@H]3O[C@@H](n4cnc5c(N)ncnc54)[C@H](O)[C@@H]3O)[C@H]2O)c(=O)[nH]1. The van der Waals surface area contributed by atoms with Crippen LogP contribution in [0.1, 0.15) is 18.7 Å². The van der Waals surface area contributed by atoms with Gasteiger partial charge in [0.05, 0.1) is 32.2 Å². The smallest absolute Gasteiger partial charge is 0.387 e. The molecule has 0 saturated carbocycles. The molecule has 3 aliphatic heterocycles. The highest BCUT2D eigenvalue weighted by molar-refractivity contribution is 7.47. The number of H-pyrrole nitrogens is 1. The van der Waals surface area contributed by atoms with Crippen LogP contribution in [0.3, 0.4) is 0 Å². The van der Waals surface area contributed by atoms with E-state index in [-0.39, 0.29) is 51.1 Å². The normalized spacial score (nSPS) is 30.9. The lowest BCUT2D eigenvalue weighted by molar-refractivity contribution is -0.0612. The zero-order valence-electron chi connectivity index (χ0n) is 33.5. The molecule has 3 saturated heterocycles. The van der Waals surface area contributed by atoms with E-state index >= 15 is 0 Å². The van der Waals surface area contributed by atoms with Gasteiger partial charge < -0.3 is 61.6 Å². The van der Waals surface area contributed by atoms with Gasteiger partial charge in [-0.2, -0.15) is 4.98 Å². The maximum absolute atomic E-state index is 13.6. The molecule has 0 bridgehead atoms. The van der Waals surface area contributed by atoms with E-state index in [9.17, 15) is 53.6 Å². The first-order valence-corrected chi connectivity index (χ1v) is 23.3. The van der Waals surface area contributed by atoms with Crippen LogP contribution >= 0.6 is 23.9 Å². The predicted molar refractivity (Wildman–Crippen MR) is 215 cm³/mol. The fourth-order valence-corrected chi connectivity index (χ4v) is 9.81. The van der Waals surface area contributed by atoms with Crippen molar-refractivity contribution in [3.8, 4) is 0 Å². The number of aliphatic hydroxyl groups is 4. The number of nitrogens with one attached hydrogen (secondary N) is 1. The van der Waals surface area contributed by atoms with Crippen LogP contribution in [0, 0.1) is 0 Å². The predicted octanol–water partition coefficient (Wildman–Crippen LogP) is -3.65. The van der Waals surface area contributed by atoms with Crippen molar-refractivity contribution in [2.75, 3.05) is 37.0 Å². The molecule has 3 aliphatic rings. The summed E-state index contributed by atoms with van der Waals surface area (Å²) in [5.41, 5.74) is 16.6. The zero-order chi connectivity index (χ0) is 47.7. The molecule has 0 aliphatic carbocycles. The molecule has 3 unspecified atom stereocenters. The van der Waals surface area contributed by atoms with E-state index in [4.69, 9.17) is 54.0 Å². The average Bonchev–Trinajstić information content (AvgIpc) is 4.13. The van der Waals surface area contributed by atoms with Crippen LogP contribution in [0.2, 0.25) is 0 Å².